The van der Waals surface area contributed by atoms with Crippen LogP contribution in [-0.4, -0.2) is 39.8 Å². The second-order valence-electron chi connectivity index (χ2n) is 7.20. The number of ketones is 1. The van der Waals surface area contributed by atoms with Gasteiger partial charge in [0.25, 0.3) is 0 Å². The van der Waals surface area contributed by atoms with Gasteiger partial charge in [-0.3, -0.25) is 4.79 Å². The smallest absolute Gasteiger partial charge is 0.203 e. The molecule has 0 radical (unpaired) electrons. The van der Waals surface area contributed by atoms with Gasteiger partial charge in [-0.2, -0.15) is 0 Å². The van der Waals surface area contributed by atoms with Gasteiger partial charge in [0.15, 0.2) is 17.3 Å². The van der Waals surface area contributed by atoms with Crippen LogP contribution in [-0.2, 0) is 14.3 Å². The zero-order valence-electron chi connectivity index (χ0n) is 17.2. The standard InChI is InChI=1S/C22H28O6/c1-7-8-22(27-6)12-15-13(2)20(28-16(15)11-19(22)23)14-9-17(24-3)21(26-5)18(10-14)25-4/h7,9-10,13,20H,1,8,11-12H2,2-6H3/t13-,20-,22+/m0/s1. The van der Waals surface area contributed by atoms with E-state index in [0.29, 0.717) is 30.1 Å². The topological polar surface area (TPSA) is 63.2 Å². The molecular weight excluding hydrogens is 360 g/mol. The predicted octanol–water partition coefficient (Wildman–Crippen LogP) is 4.00. The molecule has 0 unspecified atom stereocenters. The molecule has 1 aliphatic carbocycles. The Morgan fingerprint density at radius 1 is 1.18 bits per heavy atom. The van der Waals surface area contributed by atoms with Gasteiger partial charge in [0.05, 0.1) is 27.8 Å². The summed E-state index contributed by atoms with van der Waals surface area (Å²) >= 11 is 0. The van der Waals surface area contributed by atoms with Crippen LogP contribution in [0.4, 0.5) is 0 Å². The van der Waals surface area contributed by atoms with Crippen molar-refractivity contribution in [2.75, 3.05) is 28.4 Å². The number of Topliss-reactive ketones (excluding diaryl/α,β-unsaturated/α-hetero) is 1. The zero-order valence-corrected chi connectivity index (χ0v) is 17.2. The van der Waals surface area contributed by atoms with Gasteiger partial charge in [-0.15, -0.1) is 6.58 Å². The van der Waals surface area contributed by atoms with Crippen molar-refractivity contribution in [3.05, 3.63) is 41.7 Å². The minimum atomic E-state index is -0.845. The lowest BCUT2D eigenvalue weighted by Crippen LogP contribution is -2.43. The number of hydrogen-bond acceptors (Lipinski definition) is 6. The fraction of sp³-hybridized carbons (Fsp3) is 0.500. The largest absolute Gasteiger partial charge is 0.493 e. The van der Waals surface area contributed by atoms with Crippen LogP contribution in [0.5, 0.6) is 17.2 Å². The number of ether oxygens (including phenoxy) is 5. The summed E-state index contributed by atoms with van der Waals surface area (Å²) in [5.41, 5.74) is 1.19. The van der Waals surface area contributed by atoms with Gasteiger partial charge >= 0.3 is 0 Å². The third-order valence-corrected chi connectivity index (χ3v) is 5.82. The summed E-state index contributed by atoms with van der Waals surface area (Å²) in [6.07, 6.45) is 2.75. The molecule has 1 aromatic rings. The van der Waals surface area contributed by atoms with Crippen molar-refractivity contribution in [3.8, 4) is 17.2 Å². The first kappa shape index (κ1) is 20.3. The Morgan fingerprint density at radius 3 is 2.32 bits per heavy atom. The molecule has 6 nitrogen and oxygen atoms in total. The predicted molar refractivity (Wildman–Crippen MR) is 105 cm³/mol. The summed E-state index contributed by atoms with van der Waals surface area (Å²) in [6, 6.07) is 3.80. The molecule has 0 bridgehead atoms. The normalized spacial score (nSPS) is 26.5. The minimum Gasteiger partial charge on any atom is -0.493 e. The first-order chi connectivity index (χ1) is 13.4. The van der Waals surface area contributed by atoms with E-state index >= 15 is 0 Å². The zero-order chi connectivity index (χ0) is 20.5. The third-order valence-electron chi connectivity index (χ3n) is 5.82. The molecule has 2 aliphatic rings. The van der Waals surface area contributed by atoms with E-state index in [-0.39, 0.29) is 24.2 Å². The monoisotopic (exact) mass is 388 g/mol. The maximum Gasteiger partial charge on any atom is 0.203 e. The second kappa shape index (κ2) is 7.87. The molecule has 3 atom stereocenters. The first-order valence-electron chi connectivity index (χ1n) is 9.32. The summed E-state index contributed by atoms with van der Waals surface area (Å²) in [5.74, 6) is 2.57. The Labute approximate surface area is 166 Å². The molecule has 0 N–H and O–H groups in total. The second-order valence-corrected chi connectivity index (χ2v) is 7.20. The van der Waals surface area contributed by atoms with E-state index in [0.717, 1.165) is 16.9 Å². The third kappa shape index (κ3) is 3.15. The van der Waals surface area contributed by atoms with Crippen LogP contribution in [0.15, 0.2) is 36.1 Å². The van der Waals surface area contributed by atoms with Gasteiger partial charge in [0, 0.05) is 31.4 Å². The molecule has 0 aromatic heterocycles. The fourth-order valence-electron chi connectivity index (χ4n) is 4.21. The molecular formula is C22H28O6. The average Bonchev–Trinajstić information content (AvgIpc) is 3.02. The van der Waals surface area contributed by atoms with Crippen LogP contribution >= 0.6 is 0 Å². The highest BCUT2D eigenvalue weighted by atomic mass is 16.5. The summed E-state index contributed by atoms with van der Waals surface area (Å²) < 4.78 is 28.3. The maximum absolute atomic E-state index is 12.8. The van der Waals surface area contributed by atoms with Crippen molar-refractivity contribution in [2.45, 2.75) is 37.9 Å². The highest BCUT2D eigenvalue weighted by Gasteiger charge is 2.48. The van der Waals surface area contributed by atoms with Crippen molar-refractivity contribution in [1.82, 2.24) is 0 Å². The molecule has 6 heteroatoms. The Morgan fingerprint density at radius 2 is 1.82 bits per heavy atom. The highest BCUT2D eigenvalue weighted by molar-refractivity contribution is 5.91. The van der Waals surface area contributed by atoms with Crippen molar-refractivity contribution in [1.29, 1.82) is 0 Å². The molecule has 0 saturated heterocycles. The van der Waals surface area contributed by atoms with Gasteiger partial charge in [-0.1, -0.05) is 13.0 Å². The molecule has 1 aromatic carbocycles. The summed E-state index contributed by atoms with van der Waals surface area (Å²) in [4.78, 5) is 12.8. The number of benzene rings is 1. The Balaban J connectivity index is 1.95. The van der Waals surface area contributed by atoms with Crippen LogP contribution in [0.25, 0.3) is 0 Å². The number of carbonyl (C=O) groups is 1. The fourth-order valence-corrected chi connectivity index (χ4v) is 4.21. The number of allylic oxidation sites excluding steroid dienone is 1. The van der Waals surface area contributed by atoms with E-state index in [4.69, 9.17) is 23.7 Å². The van der Waals surface area contributed by atoms with E-state index in [1.54, 1.807) is 34.5 Å². The quantitative estimate of drug-likeness (QED) is 0.658. The van der Waals surface area contributed by atoms with E-state index < -0.39 is 5.60 Å². The van der Waals surface area contributed by atoms with Gasteiger partial charge in [0.1, 0.15) is 17.5 Å². The van der Waals surface area contributed by atoms with Crippen LogP contribution in [0.3, 0.4) is 0 Å². The van der Waals surface area contributed by atoms with Crippen LogP contribution < -0.4 is 14.2 Å². The van der Waals surface area contributed by atoms with Gasteiger partial charge in [0.2, 0.25) is 5.75 Å². The van der Waals surface area contributed by atoms with E-state index in [1.807, 2.05) is 12.1 Å². The Hall–Kier alpha value is -2.47. The SMILES string of the molecule is C=CC[C@@]1(OC)CC2=C(CC1=O)O[C@H](c1cc(OC)c(OC)c(OC)c1)[C@H]2C. The molecule has 3 rings (SSSR count). The van der Waals surface area contributed by atoms with Crippen molar-refractivity contribution in [2.24, 2.45) is 5.92 Å². The maximum atomic E-state index is 12.8. The van der Waals surface area contributed by atoms with Crippen molar-refractivity contribution >= 4 is 5.78 Å². The van der Waals surface area contributed by atoms with Gasteiger partial charge < -0.3 is 23.7 Å². The molecule has 28 heavy (non-hydrogen) atoms. The Kier molecular flexibility index (Phi) is 5.70. The summed E-state index contributed by atoms with van der Waals surface area (Å²) in [6.45, 7) is 5.90. The van der Waals surface area contributed by atoms with Crippen LogP contribution in [0, 0.1) is 5.92 Å². The van der Waals surface area contributed by atoms with E-state index in [1.165, 1.54) is 0 Å². The number of carbonyl (C=O) groups excluding carboxylic acids is 1. The molecule has 152 valence electrons. The molecule has 1 heterocycles. The van der Waals surface area contributed by atoms with Crippen LogP contribution in [0.2, 0.25) is 0 Å². The lowest BCUT2D eigenvalue weighted by molar-refractivity contribution is -0.141. The van der Waals surface area contributed by atoms with Gasteiger partial charge in [-0.05, 0) is 17.7 Å². The molecule has 0 spiro atoms. The molecule has 1 aliphatic heterocycles. The van der Waals surface area contributed by atoms with Crippen molar-refractivity contribution < 1.29 is 28.5 Å². The molecule has 0 amide bonds. The number of methoxy groups -OCH3 is 4. The van der Waals surface area contributed by atoms with Crippen LogP contribution in [0.1, 0.15) is 37.9 Å². The van der Waals surface area contributed by atoms with Gasteiger partial charge in [-0.25, -0.2) is 0 Å². The van der Waals surface area contributed by atoms with E-state index in [2.05, 4.69) is 13.5 Å². The average molecular weight is 388 g/mol. The number of hydrogen-bond donors (Lipinski definition) is 0. The van der Waals surface area contributed by atoms with E-state index in [9.17, 15) is 4.79 Å². The summed E-state index contributed by atoms with van der Waals surface area (Å²) in [7, 11) is 6.34. The highest BCUT2D eigenvalue weighted by Crippen LogP contribution is 2.51. The number of rotatable bonds is 7. The lowest BCUT2D eigenvalue weighted by atomic mass is 9.76. The minimum absolute atomic E-state index is 0.0337. The molecule has 0 saturated carbocycles. The summed E-state index contributed by atoms with van der Waals surface area (Å²) in [5, 5.41) is 0. The Bertz CT molecular complexity index is 786. The molecule has 0 fully saturated rings. The van der Waals surface area contributed by atoms with Crippen molar-refractivity contribution in [3.63, 3.8) is 0 Å². The lowest BCUT2D eigenvalue weighted by Gasteiger charge is -2.34. The first-order valence-corrected chi connectivity index (χ1v) is 9.32.